The Morgan fingerprint density at radius 3 is 2.07 bits per heavy atom. The van der Waals surface area contributed by atoms with Gasteiger partial charge < -0.3 is 20.1 Å². The van der Waals surface area contributed by atoms with Gasteiger partial charge in [0.25, 0.3) is 0 Å². The number of amides is 1. The molecule has 0 aliphatic carbocycles. The summed E-state index contributed by atoms with van der Waals surface area (Å²) >= 11 is 0. The van der Waals surface area contributed by atoms with Crippen LogP contribution in [0.1, 0.15) is 17.3 Å². The molecule has 0 unspecified atom stereocenters. The molecule has 0 saturated carbocycles. The summed E-state index contributed by atoms with van der Waals surface area (Å²) in [5.74, 6) is 2.34. The van der Waals surface area contributed by atoms with Crippen LogP contribution in [0.5, 0.6) is 23.0 Å². The molecule has 1 aliphatic heterocycles. The molecule has 3 aromatic rings. The van der Waals surface area contributed by atoms with Gasteiger partial charge in [-0.05, 0) is 48.5 Å². The zero-order valence-corrected chi connectivity index (χ0v) is 15.2. The number of ether oxygens (including phenoxy) is 2. The molecule has 3 aromatic carbocycles. The number of anilines is 2. The number of Topliss-reactive ketones (excluding diaryl/α,β-unsaturated/α-hetero) is 1. The third-order valence-electron chi connectivity index (χ3n) is 4.21. The molecule has 0 aromatic heterocycles. The van der Waals surface area contributed by atoms with E-state index in [-0.39, 0.29) is 18.2 Å². The maximum atomic E-state index is 12.4. The molecule has 0 spiro atoms. The van der Waals surface area contributed by atoms with Gasteiger partial charge in [-0.2, -0.15) is 0 Å². The number of hydrogen-bond acceptors (Lipinski definition) is 5. The average Bonchev–Trinajstić information content (AvgIpc) is 2.70. The smallest absolute Gasteiger partial charge is 0.221 e. The second-order valence-corrected chi connectivity index (χ2v) is 6.35. The van der Waals surface area contributed by atoms with E-state index in [0.29, 0.717) is 34.2 Å². The van der Waals surface area contributed by atoms with Gasteiger partial charge in [0.15, 0.2) is 28.8 Å². The molecule has 1 heterocycles. The van der Waals surface area contributed by atoms with E-state index in [1.165, 1.54) is 6.92 Å². The Hall–Kier alpha value is -3.80. The van der Waals surface area contributed by atoms with Crippen molar-refractivity contribution in [2.24, 2.45) is 0 Å². The maximum Gasteiger partial charge on any atom is 0.221 e. The van der Waals surface area contributed by atoms with Crippen LogP contribution in [-0.4, -0.2) is 18.2 Å². The Bertz CT molecular complexity index is 1040. The average molecular weight is 374 g/mol. The highest BCUT2D eigenvalue weighted by molar-refractivity contribution is 5.99. The Morgan fingerprint density at radius 2 is 1.39 bits per heavy atom. The molecule has 0 radical (unpaired) electrons. The second-order valence-electron chi connectivity index (χ2n) is 6.35. The van der Waals surface area contributed by atoms with E-state index in [9.17, 15) is 9.59 Å². The predicted octanol–water partition coefficient (Wildman–Crippen LogP) is 4.84. The summed E-state index contributed by atoms with van der Waals surface area (Å²) in [6.07, 6.45) is 0. The SMILES string of the molecule is CC(=O)Nc1ccc(C(=O)CNc2ccc3c(c2)Oc2ccccc2O3)cc1. The molecule has 0 bridgehead atoms. The maximum absolute atomic E-state index is 12.4. The Labute approximate surface area is 162 Å². The number of nitrogens with one attached hydrogen (secondary N) is 2. The van der Waals surface area contributed by atoms with Gasteiger partial charge >= 0.3 is 0 Å². The van der Waals surface area contributed by atoms with Gasteiger partial charge in [0.1, 0.15) is 0 Å². The standard InChI is InChI=1S/C22H18N2O4/c1-14(25)24-16-8-6-15(7-9-16)18(26)13-23-17-10-11-21-22(12-17)28-20-5-3-2-4-19(20)27-21/h2-12,23H,13H2,1H3,(H,24,25). The summed E-state index contributed by atoms with van der Waals surface area (Å²) in [5.41, 5.74) is 1.97. The zero-order chi connectivity index (χ0) is 19.5. The minimum Gasteiger partial charge on any atom is -0.450 e. The topological polar surface area (TPSA) is 76.7 Å². The van der Waals surface area contributed by atoms with Crippen molar-refractivity contribution in [1.82, 2.24) is 0 Å². The van der Waals surface area contributed by atoms with E-state index in [2.05, 4.69) is 10.6 Å². The van der Waals surface area contributed by atoms with Crippen LogP contribution in [0.3, 0.4) is 0 Å². The molecule has 1 amide bonds. The fourth-order valence-corrected chi connectivity index (χ4v) is 2.86. The Kier molecular flexibility index (Phi) is 4.68. The van der Waals surface area contributed by atoms with E-state index in [0.717, 1.165) is 5.69 Å². The van der Waals surface area contributed by atoms with E-state index in [1.807, 2.05) is 30.3 Å². The molecule has 6 heteroatoms. The third-order valence-corrected chi connectivity index (χ3v) is 4.21. The summed E-state index contributed by atoms with van der Waals surface area (Å²) in [5, 5.41) is 5.78. The highest BCUT2D eigenvalue weighted by atomic mass is 16.6. The minimum absolute atomic E-state index is 0.0605. The Morgan fingerprint density at radius 1 is 0.786 bits per heavy atom. The van der Waals surface area contributed by atoms with E-state index < -0.39 is 0 Å². The van der Waals surface area contributed by atoms with Crippen molar-refractivity contribution in [3.63, 3.8) is 0 Å². The van der Waals surface area contributed by atoms with Gasteiger partial charge in [-0.3, -0.25) is 9.59 Å². The first-order valence-corrected chi connectivity index (χ1v) is 8.82. The minimum atomic E-state index is -0.151. The number of ketones is 1. The van der Waals surface area contributed by atoms with Gasteiger partial charge in [0.2, 0.25) is 5.91 Å². The number of benzene rings is 3. The van der Waals surface area contributed by atoms with Gasteiger partial charge in [-0.25, -0.2) is 0 Å². The van der Waals surface area contributed by atoms with E-state index in [1.54, 1.807) is 36.4 Å². The molecular weight excluding hydrogens is 356 g/mol. The summed E-state index contributed by atoms with van der Waals surface area (Å²) in [4.78, 5) is 23.5. The van der Waals surface area contributed by atoms with Crippen molar-refractivity contribution in [3.8, 4) is 23.0 Å². The fourth-order valence-electron chi connectivity index (χ4n) is 2.86. The number of fused-ring (bicyclic) bond motifs is 2. The lowest BCUT2D eigenvalue weighted by molar-refractivity contribution is -0.114. The number of hydrogen-bond donors (Lipinski definition) is 2. The first-order valence-electron chi connectivity index (χ1n) is 8.82. The predicted molar refractivity (Wildman–Crippen MR) is 107 cm³/mol. The second kappa shape index (κ2) is 7.44. The lowest BCUT2D eigenvalue weighted by Crippen LogP contribution is -2.14. The van der Waals surface area contributed by atoms with Crippen LogP contribution in [0.4, 0.5) is 11.4 Å². The number of carbonyl (C=O) groups excluding carboxylic acids is 2. The largest absolute Gasteiger partial charge is 0.450 e. The van der Waals surface area contributed by atoms with Crippen molar-refractivity contribution >= 4 is 23.1 Å². The Balaban J connectivity index is 1.40. The summed E-state index contributed by atoms with van der Waals surface area (Å²) in [6, 6.07) is 19.7. The van der Waals surface area contributed by atoms with Crippen molar-refractivity contribution in [2.45, 2.75) is 6.92 Å². The van der Waals surface area contributed by atoms with Crippen molar-refractivity contribution in [1.29, 1.82) is 0 Å². The molecule has 0 fully saturated rings. The van der Waals surface area contributed by atoms with E-state index >= 15 is 0 Å². The highest BCUT2D eigenvalue weighted by Crippen LogP contribution is 2.45. The molecule has 28 heavy (non-hydrogen) atoms. The van der Waals surface area contributed by atoms with Crippen LogP contribution >= 0.6 is 0 Å². The van der Waals surface area contributed by atoms with Crippen LogP contribution in [-0.2, 0) is 4.79 Å². The normalized spacial score (nSPS) is 11.3. The molecule has 140 valence electrons. The third kappa shape index (κ3) is 3.81. The quantitative estimate of drug-likeness (QED) is 0.489. The fraction of sp³-hybridized carbons (Fsp3) is 0.0909. The number of rotatable bonds is 5. The van der Waals surface area contributed by atoms with Crippen LogP contribution in [0.25, 0.3) is 0 Å². The zero-order valence-electron chi connectivity index (χ0n) is 15.2. The van der Waals surface area contributed by atoms with Crippen molar-refractivity contribution in [3.05, 3.63) is 72.3 Å². The summed E-state index contributed by atoms with van der Waals surface area (Å²) in [6.45, 7) is 1.57. The van der Waals surface area contributed by atoms with Crippen molar-refractivity contribution in [2.75, 3.05) is 17.2 Å². The van der Waals surface area contributed by atoms with Crippen LogP contribution < -0.4 is 20.1 Å². The van der Waals surface area contributed by atoms with Gasteiger partial charge in [-0.15, -0.1) is 0 Å². The lowest BCUT2D eigenvalue weighted by Gasteiger charge is -2.21. The van der Waals surface area contributed by atoms with Crippen LogP contribution in [0.2, 0.25) is 0 Å². The van der Waals surface area contributed by atoms with Crippen LogP contribution in [0.15, 0.2) is 66.7 Å². The molecular formula is C22H18N2O4. The van der Waals surface area contributed by atoms with Gasteiger partial charge in [0, 0.05) is 29.9 Å². The highest BCUT2D eigenvalue weighted by Gasteiger charge is 2.18. The molecule has 0 saturated heterocycles. The van der Waals surface area contributed by atoms with Gasteiger partial charge in [0.05, 0.1) is 6.54 Å². The van der Waals surface area contributed by atoms with E-state index in [4.69, 9.17) is 9.47 Å². The van der Waals surface area contributed by atoms with Crippen LogP contribution in [0, 0.1) is 0 Å². The van der Waals surface area contributed by atoms with Crippen molar-refractivity contribution < 1.29 is 19.1 Å². The van der Waals surface area contributed by atoms with Gasteiger partial charge in [-0.1, -0.05) is 12.1 Å². The molecule has 1 aliphatic rings. The molecule has 2 N–H and O–H groups in total. The lowest BCUT2D eigenvalue weighted by atomic mass is 10.1. The first kappa shape index (κ1) is 17.6. The summed E-state index contributed by atoms with van der Waals surface area (Å²) in [7, 11) is 0. The first-order chi connectivity index (χ1) is 13.6. The monoisotopic (exact) mass is 374 g/mol. The summed E-state index contributed by atoms with van der Waals surface area (Å²) < 4.78 is 11.7. The molecule has 6 nitrogen and oxygen atoms in total. The number of carbonyl (C=O) groups is 2. The molecule has 0 atom stereocenters. The molecule has 4 rings (SSSR count). The number of para-hydroxylation sites is 2.